The summed E-state index contributed by atoms with van der Waals surface area (Å²) < 4.78 is 0. The highest BCUT2D eigenvalue weighted by Gasteiger charge is 2.39. The second-order valence-corrected chi connectivity index (χ2v) is 12.8. The Hall–Kier alpha value is -3.31. The van der Waals surface area contributed by atoms with E-state index in [1.165, 1.54) is 0 Å². The number of nitrogens with one attached hydrogen (secondary N) is 5. The fourth-order valence-electron chi connectivity index (χ4n) is 5.70. The van der Waals surface area contributed by atoms with Crippen LogP contribution in [0.3, 0.4) is 0 Å². The standard InChI is InChI=1S/C33H52N6O5/c1-6-26-31(43)37-28(23-11-8-7-9-12-23)32(44)35-18-16-33(4,38-29(41)22(2)3)27(40)21-24(30(42)36-26)13-10-17-34-25-14-19-39(5)20-15-25/h7-9,11-12,22,24-26,28,34H,6,10,13-21H2,1-5H3,(H,35,44)(H,36,42)(H,37,43)(H,38,41)/t24-,26+,28-,33-/m1/s1. The summed E-state index contributed by atoms with van der Waals surface area (Å²) in [4.78, 5) is 69.4. The molecular weight excluding hydrogens is 560 g/mol. The molecule has 0 aliphatic carbocycles. The number of benzene rings is 1. The molecule has 11 nitrogen and oxygen atoms in total. The quantitative estimate of drug-likeness (QED) is 0.267. The molecule has 2 saturated heterocycles. The van der Waals surface area contributed by atoms with Crippen LogP contribution in [0.4, 0.5) is 0 Å². The number of rotatable bonds is 9. The van der Waals surface area contributed by atoms with E-state index in [0.29, 0.717) is 30.9 Å². The normalized spacial score (nSPS) is 26.8. The predicted octanol–water partition coefficient (Wildman–Crippen LogP) is 1.83. The topological polar surface area (TPSA) is 149 Å². The van der Waals surface area contributed by atoms with Crippen LogP contribution in [-0.4, -0.2) is 85.2 Å². The van der Waals surface area contributed by atoms with Gasteiger partial charge in [0.25, 0.3) is 0 Å². The molecule has 4 amide bonds. The van der Waals surface area contributed by atoms with Crippen molar-refractivity contribution in [1.29, 1.82) is 0 Å². The summed E-state index contributed by atoms with van der Waals surface area (Å²) in [6, 6.07) is 7.43. The third kappa shape index (κ3) is 10.1. The van der Waals surface area contributed by atoms with Gasteiger partial charge >= 0.3 is 0 Å². The Kier molecular flexibility index (Phi) is 13.3. The van der Waals surface area contributed by atoms with E-state index in [-0.39, 0.29) is 42.9 Å². The number of piperidine rings is 1. The second kappa shape index (κ2) is 16.7. The van der Waals surface area contributed by atoms with Crippen LogP contribution in [0.1, 0.15) is 84.2 Å². The first-order valence-electron chi connectivity index (χ1n) is 16.1. The molecule has 2 aliphatic heterocycles. The summed E-state index contributed by atoms with van der Waals surface area (Å²) in [5.41, 5.74) is -0.701. The maximum absolute atomic E-state index is 13.9. The molecule has 2 fully saturated rings. The molecule has 3 rings (SSSR count). The molecule has 11 heteroatoms. The number of nitrogens with zero attached hydrogens (tertiary/aromatic N) is 1. The second-order valence-electron chi connectivity index (χ2n) is 12.8. The molecule has 0 aromatic heterocycles. The lowest BCUT2D eigenvalue weighted by molar-refractivity contribution is -0.137. The number of amides is 4. The van der Waals surface area contributed by atoms with Gasteiger partial charge in [0.05, 0.1) is 5.54 Å². The van der Waals surface area contributed by atoms with E-state index in [4.69, 9.17) is 0 Å². The van der Waals surface area contributed by atoms with Crippen molar-refractivity contribution in [2.45, 2.75) is 96.3 Å². The van der Waals surface area contributed by atoms with Gasteiger partial charge < -0.3 is 31.5 Å². The number of carbonyl (C=O) groups excluding carboxylic acids is 5. The van der Waals surface area contributed by atoms with E-state index in [2.05, 4.69) is 38.5 Å². The van der Waals surface area contributed by atoms with Crippen LogP contribution < -0.4 is 26.6 Å². The monoisotopic (exact) mass is 612 g/mol. The average molecular weight is 613 g/mol. The van der Waals surface area contributed by atoms with E-state index < -0.39 is 35.4 Å². The van der Waals surface area contributed by atoms with Gasteiger partial charge in [-0.05, 0) is 77.7 Å². The van der Waals surface area contributed by atoms with Crippen molar-refractivity contribution in [3.05, 3.63) is 35.9 Å². The Morgan fingerprint density at radius 3 is 2.34 bits per heavy atom. The Balaban J connectivity index is 1.84. The van der Waals surface area contributed by atoms with Crippen molar-refractivity contribution in [2.75, 3.05) is 33.2 Å². The number of ketones is 1. The van der Waals surface area contributed by atoms with Gasteiger partial charge in [0, 0.05) is 30.8 Å². The molecule has 244 valence electrons. The van der Waals surface area contributed by atoms with Crippen molar-refractivity contribution in [3.63, 3.8) is 0 Å². The van der Waals surface area contributed by atoms with Crippen LogP contribution in [0.5, 0.6) is 0 Å². The van der Waals surface area contributed by atoms with Gasteiger partial charge in [-0.2, -0.15) is 0 Å². The summed E-state index contributed by atoms with van der Waals surface area (Å²) in [6.45, 7) is 9.85. The van der Waals surface area contributed by atoms with Crippen molar-refractivity contribution in [2.24, 2.45) is 11.8 Å². The fourth-order valence-corrected chi connectivity index (χ4v) is 5.70. The highest BCUT2D eigenvalue weighted by molar-refractivity contribution is 5.97. The molecule has 44 heavy (non-hydrogen) atoms. The largest absolute Gasteiger partial charge is 0.354 e. The molecule has 0 bridgehead atoms. The number of Topliss-reactive ketones (excluding diaryl/α,β-unsaturated/α-hetero) is 1. The van der Waals surface area contributed by atoms with Crippen molar-refractivity contribution >= 4 is 29.4 Å². The van der Waals surface area contributed by atoms with Gasteiger partial charge in [-0.25, -0.2) is 0 Å². The molecule has 2 aliphatic rings. The zero-order valence-corrected chi connectivity index (χ0v) is 27.0. The van der Waals surface area contributed by atoms with Crippen molar-refractivity contribution < 1.29 is 24.0 Å². The third-order valence-electron chi connectivity index (χ3n) is 8.87. The third-order valence-corrected chi connectivity index (χ3v) is 8.87. The number of carbonyl (C=O) groups is 5. The van der Waals surface area contributed by atoms with Crippen LogP contribution in [0.25, 0.3) is 0 Å². The van der Waals surface area contributed by atoms with E-state index in [1.54, 1.807) is 52.0 Å². The molecule has 1 aromatic carbocycles. The minimum absolute atomic E-state index is 0.0897. The molecule has 0 unspecified atom stereocenters. The van der Waals surface area contributed by atoms with Crippen molar-refractivity contribution in [1.82, 2.24) is 31.5 Å². The van der Waals surface area contributed by atoms with Gasteiger partial charge in [-0.3, -0.25) is 24.0 Å². The van der Waals surface area contributed by atoms with Crippen LogP contribution in [0, 0.1) is 11.8 Å². The molecule has 0 spiro atoms. The molecular formula is C33H52N6O5. The lowest BCUT2D eigenvalue weighted by Crippen LogP contribution is -2.57. The number of hydrogen-bond donors (Lipinski definition) is 5. The first kappa shape index (κ1) is 35.2. The Morgan fingerprint density at radius 1 is 1.02 bits per heavy atom. The Labute approximate surface area is 262 Å². The summed E-state index contributed by atoms with van der Waals surface area (Å²) in [5, 5.41) is 15.0. The zero-order chi connectivity index (χ0) is 32.3. The van der Waals surface area contributed by atoms with Crippen LogP contribution in [0.2, 0.25) is 0 Å². The Bertz CT molecular complexity index is 1140. The highest BCUT2D eigenvalue weighted by Crippen LogP contribution is 2.23. The number of likely N-dealkylation sites (tertiary alicyclic amines) is 1. The molecule has 0 saturated carbocycles. The lowest BCUT2D eigenvalue weighted by Gasteiger charge is -2.33. The average Bonchev–Trinajstić information content (AvgIpc) is 3.00. The van der Waals surface area contributed by atoms with Gasteiger partial charge in [-0.1, -0.05) is 51.1 Å². The first-order valence-corrected chi connectivity index (χ1v) is 16.1. The fraction of sp³-hybridized carbons (Fsp3) is 0.667. The molecule has 4 atom stereocenters. The highest BCUT2D eigenvalue weighted by atomic mass is 16.2. The predicted molar refractivity (Wildman–Crippen MR) is 169 cm³/mol. The molecule has 0 radical (unpaired) electrons. The summed E-state index contributed by atoms with van der Waals surface area (Å²) in [6.07, 6.45) is 3.62. The smallest absolute Gasteiger partial charge is 0.247 e. The van der Waals surface area contributed by atoms with Crippen LogP contribution in [0.15, 0.2) is 30.3 Å². The van der Waals surface area contributed by atoms with Crippen LogP contribution in [-0.2, 0) is 24.0 Å². The van der Waals surface area contributed by atoms with Crippen molar-refractivity contribution in [3.8, 4) is 0 Å². The lowest BCUT2D eigenvalue weighted by atomic mass is 9.84. The summed E-state index contributed by atoms with van der Waals surface area (Å²) >= 11 is 0. The maximum Gasteiger partial charge on any atom is 0.247 e. The van der Waals surface area contributed by atoms with Gasteiger partial charge in [0.1, 0.15) is 12.1 Å². The summed E-state index contributed by atoms with van der Waals surface area (Å²) in [5.74, 6) is -2.88. The molecule has 1 aromatic rings. The van der Waals surface area contributed by atoms with Crippen LogP contribution >= 0.6 is 0 Å². The van der Waals surface area contributed by atoms with Gasteiger partial charge in [0.2, 0.25) is 23.6 Å². The first-order chi connectivity index (χ1) is 20.9. The van der Waals surface area contributed by atoms with E-state index in [9.17, 15) is 24.0 Å². The minimum Gasteiger partial charge on any atom is -0.354 e. The zero-order valence-electron chi connectivity index (χ0n) is 27.0. The minimum atomic E-state index is -1.29. The van der Waals surface area contributed by atoms with Gasteiger partial charge in [-0.15, -0.1) is 0 Å². The van der Waals surface area contributed by atoms with E-state index in [1.807, 2.05) is 6.07 Å². The van der Waals surface area contributed by atoms with E-state index >= 15 is 0 Å². The SMILES string of the molecule is CC[C@@H]1NC(=O)[C@H](CCCNC2CCN(C)CC2)CC(=O)[C@](C)(NC(=O)C(C)C)CCNC(=O)[C@@H](c2ccccc2)NC1=O. The Morgan fingerprint density at radius 2 is 1.70 bits per heavy atom. The summed E-state index contributed by atoms with van der Waals surface area (Å²) in [7, 11) is 2.12. The van der Waals surface area contributed by atoms with Gasteiger partial charge in [0.15, 0.2) is 5.78 Å². The molecule has 2 heterocycles. The molecule has 5 N–H and O–H groups in total. The van der Waals surface area contributed by atoms with E-state index in [0.717, 1.165) is 32.5 Å². The number of hydrogen-bond acceptors (Lipinski definition) is 7. The maximum atomic E-state index is 13.9.